The molecule has 2 aliphatic rings. The van der Waals surface area contributed by atoms with Gasteiger partial charge in [-0.05, 0) is 36.8 Å². The molecule has 1 N–H and O–H groups in total. The van der Waals surface area contributed by atoms with Crippen LogP contribution in [0.5, 0.6) is 0 Å². The average molecular weight is 442 g/mol. The fraction of sp³-hybridized carbons (Fsp3) is 0.409. The molecule has 4 heterocycles. The third-order valence-electron chi connectivity index (χ3n) is 6.19. The van der Waals surface area contributed by atoms with Crippen LogP contribution in [0.15, 0.2) is 53.7 Å². The normalized spacial score (nSPS) is 20.0. The summed E-state index contributed by atoms with van der Waals surface area (Å²) in [6.07, 6.45) is 4.48. The highest BCUT2D eigenvalue weighted by Crippen LogP contribution is 2.32. The maximum atomic E-state index is 13.7. The highest BCUT2D eigenvalue weighted by Gasteiger charge is 2.27. The molecule has 0 aliphatic carbocycles. The minimum absolute atomic E-state index is 0.180. The molecule has 2 aliphatic heterocycles. The minimum atomic E-state index is -3.80. The summed E-state index contributed by atoms with van der Waals surface area (Å²) in [5.74, 6) is 0. The Morgan fingerprint density at radius 3 is 2.71 bits per heavy atom. The van der Waals surface area contributed by atoms with Crippen LogP contribution < -0.4 is 15.1 Å². The van der Waals surface area contributed by atoms with Crippen LogP contribution in [0.1, 0.15) is 6.42 Å². The van der Waals surface area contributed by atoms with Crippen molar-refractivity contribution in [1.29, 1.82) is 0 Å². The highest BCUT2D eigenvalue weighted by molar-refractivity contribution is 7.90. The van der Waals surface area contributed by atoms with E-state index in [1.807, 2.05) is 18.2 Å². The molecule has 0 saturated carbocycles. The molecule has 9 heteroatoms. The Morgan fingerprint density at radius 1 is 1.10 bits per heavy atom. The van der Waals surface area contributed by atoms with E-state index in [2.05, 4.69) is 20.1 Å². The number of nitrogens with one attached hydrogen (secondary N) is 1. The second-order valence-corrected chi connectivity index (χ2v) is 9.83. The third-order valence-corrected chi connectivity index (χ3v) is 7.83. The van der Waals surface area contributed by atoms with E-state index in [9.17, 15) is 8.42 Å². The predicted octanol–water partition coefficient (Wildman–Crippen LogP) is 1.91. The molecule has 2 saturated heterocycles. The largest absolute Gasteiger partial charge is 0.380 e. The Labute approximate surface area is 182 Å². The number of ether oxygens (including phenoxy) is 1. The number of hydrogen-bond acceptors (Lipinski definition) is 7. The lowest BCUT2D eigenvalue weighted by Crippen LogP contribution is -2.43. The van der Waals surface area contributed by atoms with E-state index in [0.29, 0.717) is 5.65 Å². The SMILES string of the molecule is COC1CCN(c2cccc(S(=O)(=O)n3cc(N4CCNCC4)c4cccnc43)c2)C1. The molecule has 1 atom stereocenters. The first kappa shape index (κ1) is 20.3. The van der Waals surface area contributed by atoms with Gasteiger partial charge in [0.2, 0.25) is 0 Å². The van der Waals surface area contributed by atoms with Crippen molar-refractivity contribution in [2.24, 2.45) is 0 Å². The summed E-state index contributed by atoms with van der Waals surface area (Å²) in [6.45, 7) is 5.03. The van der Waals surface area contributed by atoms with E-state index in [0.717, 1.165) is 62.5 Å². The quantitative estimate of drug-likeness (QED) is 0.648. The van der Waals surface area contributed by atoms with E-state index in [-0.39, 0.29) is 11.0 Å². The summed E-state index contributed by atoms with van der Waals surface area (Å²) >= 11 is 0. The summed E-state index contributed by atoms with van der Waals surface area (Å²) in [5.41, 5.74) is 2.27. The van der Waals surface area contributed by atoms with Crippen molar-refractivity contribution in [2.75, 3.05) is 56.2 Å². The number of anilines is 2. The third kappa shape index (κ3) is 3.66. The van der Waals surface area contributed by atoms with Crippen LogP contribution >= 0.6 is 0 Å². The summed E-state index contributed by atoms with van der Waals surface area (Å²) in [7, 11) is -2.08. The molecule has 8 nitrogen and oxygen atoms in total. The standard InChI is InChI=1S/C22H27N5O3S/c1-30-18-7-11-26(15-18)17-4-2-5-19(14-17)31(28,29)27-16-21(25-12-9-23-10-13-25)20-6-3-8-24-22(20)27/h2-6,8,14,16,18,23H,7,9-13,15H2,1H3. The molecule has 0 spiro atoms. The Balaban J connectivity index is 1.55. The van der Waals surface area contributed by atoms with Crippen molar-refractivity contribution in [3.63, 3.8) is 0 Å². The smallest absolute Gasteiger partial charge is 0.269 e. The molecule has 0 amide bonds. The number of nitrogens with zero attached hydrogens (tertiary/aromatic N) is 4. The van der Waals surface area contributed by atoms with Crippen LogP contribution in [0.3, 0.4) is 0 Å². The lowest BCUT2D eigenvalue weighted by atomic mass is 10.2. The zero-order valence-corrected chi connectivity index (χ0v) is 18.4. The first-order valence-corrected chi connectivity index (χ1v) is 12.1. The van der Waals surface area contributed by atoms with Gasteiger partial charge in [0.15, 0.2) is 5.65 Å². The van der Waals surface area contributed by atoms with Gasteiger partial charge in [-0.3, -0.25) is 0 Å². The zero-order valence-electron chi connectivity index (χ0n) is 17.6. The molecule has 2 fully saturated rings. The number of pyridine rings is 1. The van der Waals surface area contributed by atoms with Crippen molar-refractivity contribution in [3.8, 4) is 0 Å². The molecule has 2 aromatic heterocycles. The predicted molar refractivity (Wildman–Crippen MR) is 121 cm³/mol. The van der Waals surface area contributed by atoms with Gasteiger partial charge in [-0.1, -0.05) is 6.07 Å². The summed E-state index contributed by atoms with van der Waals surface area (Å²) in [4.78, 5) is 9.08. The van der Waals surface area contributed by atoms with E-state index < -0.39 is 10.0 Å². The van der Waals surface area contributed by atoms with Gasteiger partial charge in [0, 0.05) is 69.8 Å². The van der Waals surface area contributed by atoms with Gasteiger partial charge in [-0.25, -0.2) is 17.4 Å². The van der Waals surface area contributed by atoms with Crippen LogP contribution in [-0.4, -0.2) is 69.9 Å². The zero-order chi connectivity index (χ0) is 21.4. The van der Waals surface area contributed by atoms with E-state index in [1.54, 1.807) is 37.7 Å². The van der Waals surface area contributed by atoms with Crippen molar-refractivity contribution >= 4 is 32.4 Å². The van der Waals surface area contributed by atoms with E-state index in [1.165, 1.54) is 3.97 Å². The molecule has 3 aromatic rings. The second kappa shape index (κ2) is 8.14. The lowest BCUT2D eigenvalue weighted by Gasteiger charge is -2.28. The van der Waals surface area contributed by atoms with Gasteiger partial charge < -0.3 is 19.9 Å². The van der Waals surface area contributed by atoms with Crippen molar-refractivity contribution in [3.05, 3.63) is 48.8 Å². The fourth-order valence-corrected chi connectivity index (χ4v) is 5.82. The van der Waals surface area contributed by atoms with Crippen LogP contribution in [0, 0.1) is 0 Å². The first-order valence-electron chi connectivity index (χ1n) is 10.6. The maximum absolute atomic E-state index is 13.7. The van der Waals surface area contributed by atoms with Gasteiger partial charge in [-0.15, -0.1) is 0 Å². The van der Waals surface area contributed by atoms with Gasteiger partial charge in [0.05, 0.1) is 16.7 Å². The van der Waals surface area contributed by atoms with Gasteiger partial charge in [0.25, 0.3) is 10.0 Å². The molecule has 0 bridgehead atoms. The number of fused-ring (bicyclic) bond motifs is 1. The van der Waals surface area contributed by atoms with Gasteiger partial charge >= 0.3 is 0 Å². The Hall–Kier alpha value is -2.62. The lowest BCUT2D eigenvalue weighted by molar-refractivity contribution is 0.121. The van der Waals surface area contributed by atoms with E-state index in [4.69, 9.17) is 4.74 Å². The number of piperazine rings is 1. The van der Waals surface area contributed by atoms with Crippen molar-refractivity contribution < 1.29 is 13.2 Å². The number of methoxy groups -OCH3 is 1. The summed E-state index contributed by atoms with van der Waals surface area (Å²) in [6, 6.07) is 11.0. The van der Waals surface area contributed by atoms with Crippen LogP contribution in [0.25, 0.3) is 11.0 Å². The number of aromatic nitrogens is 2. The van der Waals surface area contributed by atoms with Gasteiger partial charge in [-0.2, -0.15) is 0 Å². The summed E-state index contributed by atoms with van der Waals surface area (Å²) in [5, 5.41) is 4.19. The number of benzene rings is 1. The van der Waals surface area contributed by atoms with Crippen LogP contribution in [0.2, 0.25) is 0 Å². The first-order chi connectivity index (χ1) is 15.1. The average Bonchev–Trinajstić information content (AvgIpc) is 3.45. The topological polar surface area (TPSA) is 79.7 Å². The highest BCUT2D eigenvalue weighted by atomic mass is 32.2. The molecular weight excluding hydrogens is 414 g/mol. The Kier molecular flexibility index (Phi) is 5.33. The molecule has 31 heavy (non-hydrogen) atoms. The van der Waals surface area contributed by atoms with Crippen LogP contribution in [-0.2, 0) is 14.8 Å². The van der Waals surface area contributed by atoms with Crippen LogP contribution in [0.4, 0.5) is 11.4 Å². The minimum Gasteiger partial charge on any atom is -0.380 e. The summed E-state index contributed by atoms with van der Waals surface area (Å²) < 4.78 is 34.2. The second-order valence-electron chi connectivity index (χ2n) is 8.02. The molecule has 1 unspecified atom stereocenters. The molecular formula is C22H27N5O3S. The molecule has 1 aromatic carbocycles. The molecule has 164 valence electrons. The van der Waals surface area contributed by atoms with E-state index >= 15 is 0 Å². The monoisotopic (exact) mass is 441 g/mol. The number of rotatable bonds is 5. The fourth-order valence-electron chi connectivity index (χ4n) is 4.46. The number of hydrogen-bond donors (Lipinski definition) is 1. The van der Waals surface area contributed by atoms with Crippen molar-refractivity contribution in [1.82, 2.24) is 14.3 Å². The molecule has 0 radical (unpaired) electrons. The van der Waals surface area contributed by atoms with Crippen molar-refractivity contribution in [2.45, 2.75) is 17.4 Å². The van der Waals surface area contributed by atoms with Gasteiger partial charge in [0.1, 0.15) is 0 Å². The Bertz CT molecular complexity index is 1190. The Morgan fingerprint density at radius 2 is 1.94 bits per heavy atom. The molecule has 5 rings (SSSR count). The maximum Gasteiger partial charge on any atom is 0.269 e.